The van der Waals surface area contributed by atoms with Crippen molar-refractivity contribution in [1.29, 1.82) is 0 Å². The van der Waals surface area contributed by atoms with E-state index in [0.29, 0.717) is 12.0 Å². The highest BCUT2D eigenvalue weighted by Gasteiger charge is 2.25. The number of hydrogen-bond donors (Lipinski definition) is 4. The third-order valence-corrected chi connectivity index (χ3v) is 2.55. The van der Waals surface area contributed by atoms with Crippen LogP contribution in [0.2, 0.25) is 0 Å². The van der Waals surface area contributed by atoms with Gasteiger partial charge in [-0.3, -0.25) is 0 Å². The topological polar surface area (TPSA) is 99.4 Å². The maximum atomic E-state index is 12.6. The monoisotopic (exact) mass is 308 g/mol. The van der Waals surface area contributed by atoms with E-state index in [4.69, 9.17) is 14.6 Å². The van der Waals surface area contributed by atoms with E-state index < -0.39 is 31.2 Å². The highest BCUT2D eigenvalue weighted by atomic mass is 19.1. The van der Waals surface area contributed by atoms with Crippen LogP contribution in [0.25, 0.3) is 0 Å². The van der Waals surface area contributed by atoms with E-state index in [2.05, 4.69) is 6.58 Å². The first kappa shape index (κ1) is 20.2. The first-order chi connectivity index (χ1) is 9.77. The minimum Gasteiger partial charge on any atom is -0.394 e. The van der Waals surface area contributed by atoms with Crippen molar-refractivity contribution < 1.29 is 34.3 Å². The van der Waals surface area contributed by atoms with E-state index in [9.17, 15) is 19.7 Å². The second kappa shape index (κ2) is 10.8. The Bertz CT molecular complexity index is 327. The van der Waals surface area contributed by atoms with E-state index in [1.807, 2.05) is 0 Å². The van der Waals surface area contributed by atoms with Crippen LogP contribution in [0.4, 0.5) is 4.39 Å². The molecule has 0 aliphatic heterocycles. The van der Waals surface area contributed by atoms with Crippen molar-refractivity contribution >= 4 is 0 Å². The number of ether oxygens (including phenoxy) is 2. The molecule has 0 saturated carbocycles. The van der Waals surface area contributed by atoms with Crippen LogP contribution in [0.5, 0.6) is 0 Å². The molecule has 0 heterocycles. The van der Waals surface area contributed by atoms with Gasteiger partial charge in [-0.25, -0.2) is 4.39 Å². The summed E-state index contributed by atoms with van der Waals surface area (Å²) in [5.74, 6) is -0.372. The minimum atomic E-state index is -1.32. The summed E-state index contributed by atoms with van der Waals surface area (Å²) in [6, 6.07) is 0. The van der Waals surface area contributed by atoms with Gasteiger partial charge in [-0.05, 0) is 26.3 Å². The summed E-state index contributed by atoms with van der Waals surface area (Å²) < 4.78 is 23.0. The fraction of sp³-hybridized carbons (Fsp3) is 0.714. The third-order valence-electron chi connectivity index (χ3n) is 2.55. The van der Waals surface area contributed by atoms with Crippen molar-refractivity contribution in [3.8, 4) is 0 Å². The van der Waals surface area contributed by atoms with Gasteiger partial charge in [-0.2, -0.15) is 0 Å². The molecule has 0 amide bonds. The van der Waals surface area contributed by atoms with Gasteiger partial charge in [0.1, 0.15) is 12.2 Å². The fourth-order valence-corrected chi connectivity index (χ4v) is 1.39. The van der Waals surface area contributed by atoms with Crippen molar-refractivity contribution in [3.05, 3.63) is 24.1 Å². The lowest BCUT2D eigenvalue weighted by molar-refractivity contribution is -0.222. The van der Waals surface area contributed by atoms with Gasteiger partial charge in [0.25, 0.3) is 0 Å². The van der Waals surface area contributed by atoms with Crippen LogP contribution in [-0.4, -0.2) is 64.8 Å². The predicted octanol–water partition coefficient (Wildman–Crippen LogP) is 0.260. The Morgan fingerprint density at radius 2 is 1.90 bits per heavy atom. The zero-order chi connectivity index (χ0) is 16.4. The lowest BCUT2D eigenvalue weighted by atomic mass is 10.2. The van der Waals surface area contributed by atoms with Crippen LogP contribution < -0.4 is 0 Å². The van der Waals surface area contributed by atoms with Gasteiger partial charge >= 0.3 is 0 Å². The summed E-state index contributed by atoms with van der Waals surface area (Å²) in [5.41, 5.74) is 0.510. The average Bonchev–Trinajstić information content (AvgIpc) is 2.40. The first-order valence-electron chi connectivity index (χ1n) is 6.67. The molecule has 4 unspecified atom stereocenters. The molecule has 7 heteroatoms. The molecule has 0 aromatic heterocycles. The highest BCUT2D eigenvalue weighted by Crippen LogP contribution is 2.11. The Labute approximate surface area is 124 Å². The molecule has 6 nitrogen and oxygen atoms in total. The number of rotatable bonds is 11. The Morgan fingerprint density at radius 1 is 1.29 bits per heavy atom. The Balaban J connectivity index is 4.34. The summed E-state index contributed by atoms with van der Waals surface area (Å²) >= 11 is 0. The van der Waals surface area contributed by atoms with E-state index in [1.54, 1.807) is 0 Å². The number of hydrogen-bond acceptors (Lipinski definition) is 6. The Morgan fingerprint density at radius 3 is 2.38 bits per heavy atom. The third kappa shape index (κ3) is 9.67. The van der Waals surface area contributed by atoms with Crippen LogP contribution in [-0.2, 0) is 9.47 Å². The lowest BCUT2D eigenvalue weighted by Gasteiger charge is -2.26. The predicted molar refractivity (Wildman–Crippen MR) is 75.1 cm³/mol. The van der Waals surface area contributed by atoms with Gasteiger partial charge in [0.15, 0.2) is 6.29 Å². The normalized spacial score (nSPS) is 18.1. The molecule has 0 bridgehead atoms. The molecule has 0 rings (SSSR count). The van der Waals surface area contributed by atoms with E-state index >= 15 is 0 Å². The van der Waals surface area contributed by atoms with Gasteiger partial charge in [0.2, 0.25) is 0 Å². The zero-order valence-corrected chi connectivity index (χ0v) is 12.4. The molecule has 0 aliphatic rings. The van der Waals surface area contributed by atoms with Crippen molar-refractivity contribution in [3.63, 3.8) is 0 Å². The molecule has 21 heavy (non-hydrogen) atoms. The molecule has 0 saturated heterocycles. The van der Waals surface area contributed by atoms with Gasteiger partial charge in [-0.1, -0.05) is 12.2 Å². The number of allylic oxidation sites excluding steroid dienone is 2. The molecule has 4 N–H and O–H groups in total. The van der Waals surface area contributed by atoms with E-state index in [-0.39, 0.29) is 19.0 Å². The van der Waals surface area contributed by atoms with Crippen molar-refractivity contribution in [1.82, 2.24) is 0 Å². The summed E-state index contributed by atoms with van der Waals surface area (Å²) in [4.78, 5) is 0. The number of aliphatic hydroxyl groups excluding tert-OH is 4. The van der Waals surface area contributed by atoms with E-state index in [1.165, 1.54) is 19.9 Å². The summed E-state index contributed by atoms with van der Waals surface area (Å²) in [6.07, 6.45) is -3.12. The standard InChI is InChI=1S/C14H25FO6/c1-9(6-10(2)15)4-5-20-14(13(19)11(3)17)21-8-12(18)7-16/h6,11-14,16-19H,1,4-5,7-8H2,2-3H3/b10-6+. The lowest BCUT2D eigenvalue weighted by Crippen LogP contribution is -2.41. The summed E-state index contributed by atoms with van der Waals surface area (Å²) in [5, 5.41) is 37.0. The SMILES string of the molecule is C=C(/C=C(\C)F)CCOC(OCC(O)CO)C(O)C(C)O. The first-order valence-corrected chi connectivity index (χ1v) is 6.67. The van der Waals surface area contributed by atoms with Crippen molar-refractivity contribution in [2.24, 2.45) is 0 Å². The minimum absolute atomic E-state index is 0.0896. The second-order valence-corrected chi connectivity index (χ2v) is 4.78. The molecule has 0 fully saturated rings. The maximum Gasteiger partial charge on any atom is 0.186 e. The Hall–Kier alpha value is -0.830. The van der Waals surface area contributed by atoms with Crippen LogP contribution in [0.3, 0.4) is 0 Å². The number of aliphatic hydroxyl groups is 4. The van der Waals surface area contributed by atoms with Crippen LogP contribution in [0, 0.1) is 0 Å². The maximum absolute atomic E-state index is 12.6. The average molecular weight is 308 g/mol. The van der Waals surface area contributed by atoms with Crippen molar-refractivity contribution in [2.45, 2.75) is 44.9 Å². The molecule has 0 aliphatic carbocycles. The zero-order valence-electron chi connectivity index (χ0n) is 12.4. The van der Waals surface area contributed by atoms with Gasteiger partial charge in [-0.15, -0.1) is 0 Å². The molecule has 124 valence electrons. The van der Waals surface area contributed by atoms with Crippen LogP contribution in [0.15, 0.2) is 24.1 Å². The molecule has 4 atom stereocenters. The molecule has 0 radical (unpaired) electrons. The summed E-state index contributed by atoms with van der Waals surface area (Å²) in [6.45, 7) is 5.64. The smallest absolute Gasteiger partial charge is 0.186 e. The highest BCUT2D eigenvalue weighted by molar-refractivity contribution is 5.16. The number of halogens is 1. The van der Waals surface area contributed by atoms with Crippen LogP contribution in [0.1, 0.15) is 20.3 Å². The molecule has 0 aromatic rings. The molecule has 0 spiro atoms. The van der Waals surface area contributed by atoms with Crippen molar-refractivity contribution in [2.75, 3.05) is 19.8 Å². The second-order valence-electron chi connectivity index (χ2n) is 4.78. The summed E-state index contributed by atoms with van der Waals surface area (Å²) in [7, 11) is 0. The van der Waals surface area contributed by atoms with E-state index in [0.717, 1.165) is 0 Å². The fourth-order valence-electron chi connectivity index (χ4n) is 1.39. The van der Waals surface area contributed by atoms with Gasteiger partial charge < -0.3 is 29.9 Å². The van der Waals surface area contributed by atoms with Crippen LogP contribution >= 0.6 is 0 Å². The Kier molecular flexibility index (Phi) is 10.4. The molecule has 0 aromatic carbocycles. The molecular weight excluding hydrogens is 283 g/mol. The quantitative estimate of drug-likeness (QED) is 0.323. The largest absolute Gasteiger partial charge is 0.394 e. The molecular formula is C14H25FO6. The van der Waals surface area contributed by atoms with Gasteiger partial charge in [0.05, 0.1) is 31.8 Å². The van der Waals surface area contributed by atoms with Gasteiger partial charge in [0, 0.05) is 0 Å².